The summed E-state index contributed by atoms with van der Waals surface area (Å²) in [6.45, 7) is 0. The van der Waals surface area contributed by atoms with Gasteiger partial charge in [0.1, 0.15) is 0 Å². The quantitative estimate of drug-likeness (QED) is 0.685. The molecule has 0 saturated heterocycles. The fraction of sp³-hybridized carbons (Fsp3) is 0.0769. The lowest BCUT2D eigenvalue weighted by Crippen LogP contribution is -2.20. The fourth-order valence-electron chi connectivity index (χ4n) is 1.74. The number of rotatable bonds is 3. The average molecular weight is 225 g/mol. The van der Waals surface area contributed by atoms with Crippen molar-refractivity contribution in [3.8, 4) is 0 Å². The van der Waals surface area contributed by atoms with Crippen molar-refractivity contribution in [2.45, 2.75) is 6.14 Å². The van der Waals surface area contributed by atoms with Crippen LogP contribution in [0.5, 0.6) is 0 Å². The van der Waals surface area contributed by atoms with Gasteiger partial charge in [-0.2, -0.15) is 10.2 Å². The zero-order chi connectivity index (χ0) is 12.4. The molecule has 0 spiro atoms. The molecule has 0 unspecified atom stereocenters. The molecule has 4 nitrogen and oxygen atoms in total. The summed E-state index contributed by atoms with van der Waals surface area (Å²) in [6, 6.07) is 13.1. The van der Waals surface area contributed by atoms with Crippen LogP contribution in [0.3, 0.4) is 0 Å². The molecule has 1 aromatic carbocycles. The lowest BCUT2D eigenvalue weighted by molar-refractivity contribution is 0.419. The first kappa shape index (κ1) is 8.75. The molecule has 3 rings (SSSR count). The maximum atomic E-state index is 8.78. The van der Waals surface area contributed by atoms with Gasteiger partial charge < -0.3 is 0 Å². The lowest BCUT2D eigenvalue weighted by Gasteiger charge is -2.18. The van der Waals surface area contributed by atoms with Crippen LogP contribution in [0.1, 0.15) is 13.1 Å². The lowest BCUT2D eigenvalue weighted by atomic mass is 10.2. The first-order valence-electron chi connectivity index (χ1n) is 5.87. The van der Waals surface area contributed by atoms with Crippen LogP contribution in [-0.2, 0) is 0 Å². The summed E-state index contributed by atoms with van der Waals surface area (Å²) >= 11 is 0. The van der Waals surface area contributed by atoms with Gasteiger partial charge in [0.05, 0.1) is 1.37 Å². The monoisotopic (exact) mass is 225 g/mol. The summed E-state index contributed by atoms with van der Waals surface area (Å²) in [7, 11) is 0. The average Bonchev–Trinajstić information content (AvgIpc) is 3.12. The molecular weight excluding hydrogens is 212 g/mol. The minimum Gasteiger partial charge on any atom is -0.244 e. The van der Waals surface area contributed by atoms with Crippen molar-refractivity contribution in [1.29, 1.82) is 0 Å². The second-order valence-electron chi connectivity index (χ2n) is 3.59. The van der Waals surface area contributed by atoms with Gasteiger partial charge in [0.15, 0.2) is 6.14 Å². The van der Waals surface area contributed by atoms with E-state index in [1.54, 1.807) is 46.3 Å². The molecule has 0 fully saturated rings. The van der Waals surface area contributed by atoms with Gasteiger partial charge in [0, 0.05) is 24.8 Å². The highest BCUT2D eigenvalue weighted by molar-refractivity contribution is 5.19. The number of hydrogen-bond donors (Lipinski definition) is 0. The van der Waals surface area contributed by atoms with Gasteiger partial charge in [-0.05, 0) is 17.7 Å². The fourth-order valence-corrected chi connectivity index (χ4v) is 1.74. The molecule has 0 N–H and O–H groups in total. The first-order chi connectivity index (χ1) is 8.82. The van der Waals surface area contributed by atoms with Gasteiger partial charge in [-0.1, -0.05) is 30.3 Å². The van der Waals surface area contributed by atoms with Gasteiger partial charge in [0.2, 0.25) is 0 Å². The summed E-state index contributed by atoms with van der Waals surface area (Å²) in [5.41, 5.74) is 0.803. The van der Waals surface area contributed by atoms with Crippen molar-refractivity contribution in [2.75, 3.05) is 0 Å². The van der Waals surface area contributed by atoms with Gasteiger partial charge in [-0.25, -0.2) is 9.36 Å². The van der Waals surface area contributed by atoms with Crippen LogP contribution in [0.15, 0.2) is 67.3 Å². The van der Waals surface area contributed by atoms with Gasteiger partial charge in [-0.15, -0.1) is 0 Å². The number of nitrogens with zero attached hydrogens (tertiary/aromatic N) is 4. The van der Waals surface area contributed by atoms with Crippen LogP contribution in [-0.4, -0.2) is 19.6 Å². The van der Waals surface area contributed by atoms with Crippen LogP contribution in [0.2, 0.25) is 0 Å². The van der Waals surface area contributed by atoms with Crippen molar-refractivity contribution in [3.05, 3.63) is 72.8 Å². The molecule has 2 aromatic heterocycles. The standard InChI is InChI=1S/C13H12N4/c1-2-6-12(7-3-1)13(16-10-4-8-14-16)17-11-5-9-15-17/h1-11,13H/i13D. The van der Waals surface area contributed by atoms with Crippen LogP contribution >= 0.6 is 0 Å². The smallest absolute Gasteiger partial charge is 0.168 e. The van der Waals surface area contributed by atoms with Crippen molar-refractivity contribution in [3.63, 3.8) is 0 Å². The predicted octanol–water partition coefficient (Wildman–Crippen LogP) is 2.17. The van der Waals surface area contributed by atoms with Crippen LogP contribution in [0, 0.1) is 0 Å². The summed E-state index contributed by atoms with van der Waals surface area (Å²) in [6.07, 6.45) is 5.66. The Morgan fingerprint density at radius 3 is 1.94 bits per heavy atom. The highest BCUT2D eigenvalue weighted by Gasteiger charge is 2.15. The molecule has 4 heteroatoms. The third-order valence-corrected chi connectivity index (χ3v) is 2.47. The van der Waals surface area contributed by atoms with E-state index in [-0.39, 0.29) is 0 Å². The van der Waals surface area contributed by atoms with Crippen molar-refractivity contribution >= 4 is 0 Å². The number of benzene rings is 1. The summed E-state index contributed by atoms with van der Waals surface area (Å²) < 4.78 is 11.9. The second kappa shape index (κ2) is 4.25. The molecule has 0 aliphatic heterocycles. The Kier molecular flexibility index (Phi) is 2.19. The van der Waals surface area contributed by atoms with E-state index in [4.69, 9.17) is 1.37 Å². The Balaban J connectivity index is 2.22. The summed E-state index contributed by atoms with van der Waals surface area (Å²) in [4.78, 5) is 0. The second-order valence-corrected chi connectivity index (χ2v) is 3.59. The molecule has 0 atom stereocenters. The Morgan fingerprint density at radius 1 is 0.882 bits per heavy atom. The SMILES string of the molecule is [2H]C(c1ccccc1)(n1cccn1)n1cccn1. The Hall–Kier alpha value is -2.36. The normalized spacial score (nSPS) is 12.4. The Morgan fingerprint density at radius 2 is 1.47 bits per heavy atom. The number of aromatic nitrogens is 4. The highest BCUT2D eigenvalue weighted by atomic mass is 15.4. The van der Waals surface area contributed by atoms with Crippen LogP contribution in [0.4, 0.5) is 0 Å². The largest absolute Gasteiger partial charge is 0.244 e. The van der Waals surface area contributed by atoms with E-state index < -0.39 is 6.14 Å². The molecule has 0 saturated carbocycles. The van der Waals surface area contributed by atoms with E-state index in [1.165, 1.54) is 0 Å². The van der Waals surface area contributed by atoms with Gasteiger partial charge in [-0.3, -0.25) is 0 Å². The Bertz CT molecular complexity index is 568. The molecular formula is C13H12N4. The summed E-state index contributed by atoms with van der Waals surface area (Å²) in [5.74, 6) is 0. The molecule has 0 amide bonds. The van der Waals surface area contributed by atoms with E-state index in [9.17, 15) is 0 Å². The van der Waals surface area contributed by atoms with Crippen molar-refractivity contribution in [2.24, 2.45) is 0 Å². The van der Waals surface area contributed by atoms with E-state index in [1.807, 2.05) is 30.3 Å². The zero-order valence-electron chi connectivity index (χ0n) is 10.1. The highest BCUT2D eigenvalue weighted by Crippen LogP contribution is 2.18. The van der Waals surface area contributed by atoms with E-state index >= 15 is 0 Å². The summed E-state index contributed by atoms with van der Waals surface area (Å²) in [5, 5.41) is 8.38. The maximum Gasteiger partial charge on any atom is 0.168 e. The Labute approximate surface area is 101 Å². The van der Waals surface area contributed by atoms with Crippen molar-refractivity contribution in [1.82, 2.24) is 19.6 Å². The molecule has 17 heavy (non-hydrogen) atoms. The first-order valence-corrected chi connectivity index (χ1v) is 5.37. The van der Waals surface area contributed by atoms with E-state index in [0.717, 1.165) is 5.56 Å². The molecule has 3 aromatic rings. The molecule has 0 aliphatic carbocycles. The predicted molar refractivity (Wildman–Crippen MR) is 64.4 cm³/mol. The van der Waals surface area contributed by atoms with Gasteiger partial charge in [0.25, 0.3) is 0 Å². The molecule has 0 bridgehead atoms. The van der Waals surface area contributed by atoms with Gasteiger partial charge >= 0.3 is 0 Å². The third kappa shape index (κ3) is 1.85. The molecule has 0 radical (unpaired) electrons. The molecule has 84 valence electrons. The molecule has 0 aliphatic rings. The minimum absolute atomic E-state index is 0.803. The third-order valence-electron chi connectivity index (χ3n) is 2.47. The minimum atomic E-state index is -1.20. The topological polar surface area (TPSA) is 35.6 Å². The van der Waals surface area contributed by atoms with E-state index in [0.29, 0.717) is 0 Å². The molecule has 2 heterocycles. The maximum absolute atomic E-state index is 8.78. The van der Waals surface area contributed by atoms with E-state index in [2.05, 4.69) is 10.2 Å². The van der Waals surface area contributed by atoms with Crippen LogP contribution in [0.25, 0.3) is 0 Å². The zero-order valence-corrected chi connectivity index (χ0v) is 9.14. The van der Waals surface area contributed by atoms with Crippen molar-refractivity contribution < 1.29 is 1.37 Å². The van der Waals surface area contributed by atoms with Crippen LogP contribution < -0.4 is 0 Å². The number of hydrogen-bond acceptors (Lipinski definition) is 2.